The highest BCUT2D eigenvalue weighted by Crippen LogP contribution is 2.51. The standard InChI is InChI=1S/C21H29NO7S/c1-11-7-9-12(10-8-11)30(25,26)18-14-17-16(27-21(5,6)28-17)13(15(18)23)22(14)19(24)29-20(2,3)4/h7-10,13-18,23H,1-6H3/t13-,14-,15-,16-,17+,18+/m0/s1. The molecule has 0 aromatic heterocycles. The van der Waals surface area contributed by atoms with Crippen molar-refractivity contribution in [1.82, 2.24) is 4.90 Å². The minimum absolute atomic E-state index is 0.101. The molecule has 3 heterocycles. The summed E-state index contributed by atoms with van der Waals surface area (Å²) in [7, 11) is -3.96. The van der Waals surface area contributed by atoms with Gasteiger partial charge in [0, 0.05) is 0 Å². The van der Waals surface area contributed by atoms with Gasteiger partial charge >= 0.3 is 6.09 Å². The lowest BCUT2D eigenvalue weighted by Gasteiger charge is -2.31. The Morgan fingerprint density at radius 2 is 1.63 bits per heavy atom. The molecule has 9 heteroatoms. The highest BCUT2D eigenvalue weighted by Gasteiger charge is 2.72. The average Bonchev–Trinajstić information content (AvgIpc) is 3.16. The molecule has 1 amide bonds. The van der Waals surface area contributed by atoms with Crippen molar-refractivity contribution in [2.24, 2.45) is 0 Å². The highest BCUT2D eigenvalue weighted by molar-refractivity contribution is 7.92. The summed E-state index contributed by atoms with van der Waals surface area (Å²) >= 11 is 0. The van der Waals surface area contributed by atoms with Crippen molar-refractivity contribution in [3.05, 3.63) is 29.8 Å². The summed E-state index contributed by atoms with van der Waals surface area (Å²) in [6.07, 6.45) is -3.31. The number of aliphatic hydroxyl groups is 1. The number of nitrogens with zero attached hydrogens (tertiary/aromatic N) is 1. The number of aliphatic hydroxyl groups excluding tert-OH is 1. The van der Waals surface area contributed by atoms with Crippen molar-refractivity contribution in [3.8, 4) is 0 Å². The van der Waals surface area contributed by atoms with Crippen LogP contribution in [-0.4, -0.2) is 71.6 Å². The van der Waals surface area contributed by atoms with E-state index in [0.29, 0.717) is 0 Å². The van der Waals surface area contributed by atoms with Gasteiger partial charge in [-0.2, -0.15) is 0 Å². The molecule has 0 radical (unpaired) electrons. The third-order valence-corrected chi connectivity index (χ3v) is 8.02. The summed E-state index contributed by atoms with van der Waals surface area (Å²) in [6, 6.07) is 4.67. The molecule has 1 N–H and O–H groups in total. The monoisotopic (exact) mass is 439 g/mol. The number of carbonyl (C=O) groups excluding carboxylic acids is 1. The molecule has 4 rings (SSSR count). The number of fused-ring (bicyclic) bond motifs is 5. The number of ether oxygens (including phenoxy) is 3. The average molecular weight is 440 g/mol. The molecule has 166 valence electrons. The Bertz CT molecular complexity index is 951. The van der Waals surface area contributed by atoms with E-state index < -0.39 is 63.0 Å². The number of aryl methyl sites for hydroxylation is 1. The summed E-state index contributed by atoms with van der Waals surface area (Å²) in [4.78, 5) is 14.4. The Labute approximate surface area is 177 Å². The van der Waals surface area contributed by atoms with Crippen LogP contribution >= 0.6 is 0 Å². The minimum Gasteiger partial charge on any atom is -0.444 e. The maximum Gasteiger partial charge on any atom is 0.411 e. The first kappa shape index (κ1) is 21.5. The van der Waals surface area contributed by atoms with E-state index in [1.165, 1.54) is 17.0 Å². The fraction of sp³-hybridized carbons (Fsp3) is 0.667. The van der Waals surface area contributed by atoms with Gasteiger partial charge in [0.25, 0.3) is 0 Å². The molecule has 30 heavy (non-hydrogen) atoms. The molecule has 3 saturated heterocycles. The lowest BCUT2D eigenvalue weighted by atomic mass is 9.92. The van der Waals surface area contributed by atoms with Crippen LogP contribution in [0.2, 0.25) is 0 Å². The molecule has 3 fully saturated rings. The Hall–Kier alpha value is -1.68. The molecule has 0 aliphatic carbocycles. The van der Waals surface area contributed by atoms with Gasteiger partial charge in [0.2, 0.25) is 0 Å². The predicted molar refractivity (Wildman–Crippen MR) is 108 cm³/mol. The van der Waals surface area contributed by atoms with E-state index in [2.05, 4.69) is 0 Å². The zero-order valence-electron chi connectivity index (χ0n) is 18.0. The molecule has 6 atom stereocenters. The van der Waals surface area contributed by atoms with E-state index in [9.17, 15) is 18.3 Å². The maximum absolute atomic E-state index is 13.5. The summed E-state index contributed by atoms with van der Waals surface area (Å²) in [5, 5.41) is 9.86. The van der Waals surface area contributed by atoms with Gasteiger partial charge in [0.15, 0.2) is 15.6 Å². The maximum atomic E-state index is 13.5. The summed E-state index contributed by atoms with van der Waals surface area (Å²) in [5.41, 5.74) is 0.151. The van der Waals surface area contributed by atoms with Crippen LogP contribution in [0.1, 0.15) is 40.2 Å². The number of amides is 1. The highest BCUT2D eigenvalue weighted by atomic mass is 32.2. The van der Waals surface area contributed by atoms with Gasteiger partial charge in [-0.1, -0.05) is 17.7 Å². The Morgan fingerprint density at radius 3 is 2.17 bits per heavy atom. The van der Waals surface area contributed by atoms with Crippen molar-refractivity contribution < 1.29 is 32.5 Å². The third kappa shape index (κ3) is 3.32. The zero-order chi connectivity index (χ0) is 22.2. The molecule has 0 saturated carbocycles. The number of rotatable bonds is 2. The largest absolute Gasteiger partial charge is 0.444 e. The first-order valence-electron chi connectivity index (χ1n) is 10.1. The van der Waals surface area contributed by atoms with E-state index in [1.54, 1.807) is 46.8 Å². The van der Waals surface area contributed by atoms with E-state index in [4.69, 9.17) is 14.2 Å². The molecule has 1 aromatic rings. The first-order valence-corrected chi connectivity index (χ1v) is 11.6. The number of hydrogen-bond acceptors (Lipinski definition) is 7. The van der Waals surface area contributed by atoms with Gasteiger partial charge in [-0.25, -0.2) is 13.2 Å². The third-order valence-electron chi connectivity index (χ3n) is 5.81. The van der Waals surface area contributed by atoms with Gasteiger partial charge in [0.1, 0.15) is 23.1 Å². The SMILES string of the molecule is Cc1ccc(S(=O)(=O)[C@H]2[C@@H](O)[C@H]3[C@@H]4OC(C)(C)O[C@@H]4[C@@H]2N3C(=O)OC(C)(C)C)cc1. The lowest BCUT2D eigenvalue weighted by molar-refractivity contribution is -0.163. The van der Waals surface area contributed by atoms with Gasteiger partial charge in [-0.05, 0) is 53.7 Å². The van der Waals surface area contributed by atoms with Crippen molar-refractivity contribution in [3.63, 3.8) is 0 Å². The topological polar surface area (TPSA) is 102 Å². The van der Waals surface area contributed by atoms with Crippen LogP contribution in [0.15, 0.2) is 29.2 Å². The summed E-state index contributed by atoms with van der Waals surface area (Å²) in [6.45, 7) is 10.5. The zero-order valence-corrected chi connectivity index (χ0v) is 18.8. The summed E-state index contributed by atoms with van der Waals surface area (Å²) < 4.78 is 44.5. The first-order chi connectivity index (χ1) is 13.7. The van der Waals surface area contributed by atoms with Crippen LogP contribution in [0, 0.1) is 6.92 Å². The normalized spacial score (nSPS) is 34.8. The lowest BCUT2D eigenvalue weighted by Crippen LogP contribution is -2.54. The smallest absolute Gasteiger partial charge is 0.411 e. The van der Waals surface area contributed by atoms with Crippen LogP contribution in [0.25, 0.3) is 0 Å². The van der Waals surface area contributed by atoms with Crippen LogP contribution in [0.5, 0.6) is 0 Å². The second-order valence-corrected chi connectivity index (χ2v) is 11.9. The predicted octanol–water partition coefficient (Wildman–Crippen LogP) is 2.02. The van der Waals surface area contributed by atoms with Crippen LogP contribution < -0.4 is 0 Å². The van der Waals surface area contributed by atoms with Gasteiger partial charge in [-0.15, -0.1) is 0 Å². The molecule has 3 aliphatic rings. The van der Waals surface area contributed by atoms with Gasteiger partial charge in [-0.3, -0.25) is 4.90 Å². The van der Waals surface area contributed by atoms with Crippen LogP contribution in [0.4, 0.5) is 4.79 Å². The molecule has 2 bridgehead atoms. The Morgan fingerprint density at radius 1 is 1.10 bits per heavy atom. The molecular weight excluding hydrogens is 410 g/mol. The van der Waals surface area contributed by atoms with Crippen LogP contribution in [-0.2, 0) is 24.0 Å². The second kappa shape index (κ2) is 6.66. The molecular formula is C21H29NO7S. The molecule has 0 spiro atoms. The quantitative estimate of drug-likeness (QED) is 0.752. The van der Waals surface area contributed by atoms with E-state index in [-0.39, 0.29) is 4.90 Å². The van der Waals surface area contributed by atoms with E-state index in [0.717, 1.165) is 5.56 Å². The van der Waals surface area contributed by atoms with Gasteiger partial charge < -0.3 is 19.3 Å². The number of sulfone groups is 1. The molecule has 3 aliphatic heterocycles. The van der Waals surface area contributed by atoms with Crippen molar-refractivity contribution in [2.45, 2.75) is 93.5 Å². The molecule has 8 nitrogen and oxygen atoms in total. The number of carbonyl (C=O) groups is 1. The number of benzene rings is 1. The Balaban J connectivity index is 1.76. The van der Waals surface area contributed by atoms with E-state index >= 15 is 0 Å². The van der Waals surface area contributed by atoms with Crippen LogP contribution in [0.3, 0.4) is 0 Å². The van der Waals surface area contributed by atoms with E-state index in [1.807, 2.05) is 6.92 Å². The van der Waals surface area contributed by atoms with Gasteiger partial charge in [0.05, 0.1) is 23.1 Å². The minimum atomic E-state index is -3.96. The molecule has 1 aromatic carbocycles. The molecule has 0 unspecified atom stereocenters. The Kier molecular flexibility index (Phi) is 4.78. The van der Waals surface area contributed by atoms with Crippen molar-refractivity contribution in [1.29, 1.82) is 0 Å². The number of hydrogen-bond donors (Lipinski definition) is 1. The second-order valence-electron chi connectivity index (χ2n) is 9.75. The fourth-order valence-electron chi connectivity index (χ4n) is 4.77. The fourth-order valence-corrected chi connectivity index (χ4v) is 6.78. The van der Waals surface area contributed by atoms with Crippen molar-refractivity contribution >= 4 is 15.9 Å². The summed E-state index contributed by atoms with van der Waals surface area (Å²) in [5.74, 6) is -0.936. The van der Waals surface area contributed by atoms with Crippen molar-refractivity contribution in [2.75, 3.05) is 0 Å².